The van der Waals surface area contributed by atoms with E-state index < -0.39 is 5.92 Å². The van der Waals surface area contributed by atoms with Crippen molar-refractivity contribution < 1.29 is 14.3 Å². The Balaban J connectivity index is 2.74. The average molecular weight is 252 g/mol. The quantitative estimate of drug-likeness (QED) is 0.704. The molecule has 100 valence electrons. The van der Waals surface area contributed by atoms with Gasteiger partial charge in [0.25, 0.3) is 0 Å². The average Bonchev–Trinajstić information content (AvgIpc) is 2.70. The van der Waals surface area contributed by atoms with Crippen molar-refractivity contribution in [2.45, 2.75) is 20.8 Å². The first-order valence-corrected chi connectivity index (χ1v) is 6.18. The lowest BCUT2D eigenvalue weighted by atomic mass is 9.96. The first-order chi connectivity index (χ1) is 8.42. The molecule has 0 N–H and O–H groups in total. The highest BCUT2D eigenvalue weighted by Crippen LogP contribution is 2.26. The predicted molar refractivity (Wildman–Crippen MR) is 65.2 cm³/mol. The van der Waals surface area contributed by atoms with Gasteiger partial charge >= 0.3 is 5.97 Å². The van der Waals surface area contributed by atoms with E-state index in [0.29, 0.717) is 13.1 Å². The molecule has 1 rings (SSSR count). The van der Waals surface area contributed by atoms with E-state index in [1.165, 1.54) is 7.11 Å². The summed E-state index contributed by atoms with van der Waals surface area (Å²) in [5.74, 6) is -1.30. The molecular weight excluding hydrogens is 232 g/mol. The fourth-order valence-corrected chi connectivity index (χ4v) is 2.29. The number of carbonyl (C=O) groups is 2. The molecule has 0 spiro atoms. The number of hydrogen-bond donors (Lipinski definition) is 0. The molecule has 0 aromatic heterocycles. The number of esters is 1. The SMILES string of the molecule is COC(=O)C1CN(C(=O)C(C#N)C(C)C)CC1C. The molecular formula is C13H20N2O3. The Morgan fingerprint density at radius 1 is 1.39 bits per heavy atom. The lowest BCUT2D eigenvalue weighted by Crippen LogP contribution is -2.36. The van der Waals surface area contributed by atoms with Crippen molar-refractivity contribution >= 4 is 11.9 Å². The van der Waals surface area contributed by atoms with Gasteiger partial charge in [-0.2, -0.15) is 5.26 Å². The maximum atomic E-state index is 12.2. The highest BCUT2D eigenvalue weighted by atomic mass is 16.5. The van der Waals surface area contributed by atoms with E-state index in [1.807, 2.05) is 26.8 Å². The van der Waals surface area contributed by atoms with Crippen LogP contribution >= 0.6 is 0 Å². The zero-order valence-corrected chi connectivity index (χ0v) is 11.3. The summed E-state index contributed by atoms with van der Waals surface area (Å²) in [5.41, 5.74) is 0. The van der Waals surface area contributed by atoms with Crippen LogP contribution in [0.3, 0.4) is 0 Å². The molecule has 0 saturated carbocycles. The number of nitriles is 1. The number of hydrogen-bond acceptors (Lipinski definition) is 4. The molecule has 18 heavy (non-hydrogen) atoms. The number of ether oxygens (including phenoxy) is 1. The van der Waals surface area contributed by atoms with Gasteiger partial charge in [-0.15, -0.1) is 0 Å². The van der Waals surface area contributed by atoms with Crippen LogP contribution in [0.4, 0.5) is 0 Å². The maximum absolute atomic E-state index is 12.2. The summed E-state index contributed by atoms with van der Waals surface area (Å²) >= 11 is 0. The summed E-state index contributed by atoms with van der Waals surface area (Å²) in [4.78, 5) is 25.3. The van der Waals surface area contributed by atoms with Gasteiger partial charge in [0.2, 0.25) is 5.91 Å². The Bertz CT molecular complexity index is 373. The lowest BCUT2D eigenvalue weighted by Gasteiger charge is -2.21. The van der Waals surface area contributed by atoms with Crippen molar-refractivity contribution in [2.75, 3.05) is 20.2 Å². The first kappa shape index (κ1) is 14.5. The molecule has 0 aromatic rings. The molecule has 1 saturated heterocycles. The molecule has 3 atom stereocenters. The summed E-state index contributed by atoms with van der Waals surface area (Å²) < 4.78 is 4.72. The van der Waals surface area contributed by atoms with Crippen molar-refractivity contribution in [1.82, 2.24) is 4.90 Å². The summed E-state index contributed by atoms with van der Waals surface area (Å²) in [6.07, 6.45) is 0. The zero-order chi connectivity index (χ0) is 13.9. The standard InChI is InChI=1S/C13H20N2O3/c1-8(2)10(5-14)12(16)15-6-9(3)11(7-15)13(17)18-4/h8-11H,6-7H2,1-4H3. The van der Waals surface area contributed by atoms with Crippen molar-refractivity contribution in [3.05, 3.63) is 0 Å². The fraction of sp³-hybridized carbons (Fsp3) is 0.769. The van der Waals surface area contributed by atoms with Gasteiger partial charge in [0.05, 0.1) is 19.1 Å². The Labute approximate surface area is 108 Å². The second-order valence-electron chi connectivity index (χ2n) is 5.20. The van der Waals surface area contributed by atoms with E-state index in [-0.39, 0.29) is 29.6 Å². The molecule has 1 aliphatic heterocycles. The number of methoxy groups -OCH3 is 1. The highest BCUT2D eigenvalue weighted by Gasteiger charge is 2.40. The van der Waals surface area contributed by atoms with E-state index in [9.17, 15) is 9.59 Å². The monoisotopic (exact) mass is 252 g/mol. The molecule has 1 aliphatic rings. The number of carbonyl (C=O) groups excluding carboxylic acids is 2. The maximum Gasteiger partial charge on any atom is 0.310 e. The topological polar surface area (TPSA) is 70.4 Å². The largest absolute Gasteiger partial charge is 0.469 e. The van der Waals surface area contributed by atoms with Crippen molar-refractivity contribution in [3.8, 4) is 6.07 Å². The third kappa shape index (κ3) is 2.81. The normalized spacial score (nSPS) is 24.8. The van der Waals surface area contributed by atoms with Crippen molar-refractivity contribution in [1.29, 1.82) is 5.26 Å². The van der Waals surface area contributed by atoms with E-state index in [4.69, 9.17) is 10.00 Å². The van der Waals surface area contributed by atoms with Gasteiger partial charge in [-0.25, -0.2) is 0 Å². The van der Waals surface area contributed by atoms with Gasteiger partial charge in [0, 0.05) is 13.1 Å². The zero-order valence-electron chi connectivity index (χ0n) is 11.3. The predicted octanol–water partition coefficient (Wildman–Crippen LogP) is 1.05. The van der Waals surface area contributed by atoms with Gasteiger partial charge < -0.3 is 9.64 Å². The fourth-order valence-electron chi connectivity index (χ4n) is 2.29. The summed E-state index contributed by atoms with van der Waals surface area (Å²) in [7, 11) is 1.35. The van der Waals surface area contributed by atoms with Crippen LogP contribution in [0.1, 0.15) is 20.8 Å². The molecule has 1 fully saturated rings. The van der Waals surface area contributed by atoms with Crippen LogP contribution in [-0.2, 0) is 14.3 Å². The Morgan fingerprint density at radius 3 is 2.44 bits per heavy atom. The molecule has 0 bridgehead atoms. The molecule has 0 aromatic carbocycles. The molecule has 0 radical (unpaired) electrons. The Kier molecular flexibility index (Phi) is 4.71. The van der Waals surface area contributed by atoms with Crippen LogP contribution in [0.2, 0.25) is 0 Å². The smallest absolute Gasteiger partial charge is 0.310 e. The first-order valence-electron chi connectivity index (χ1n) is 6.18. The number of rotatable bonds is 3. The van der Waals surface area contributed by atoms with Crippen molar-refractivity contribution in [3.63, 3.8) is 0 Å². The van der Waals surface area contributed by atoms with Gasteiger partial charge in [-0.05, 0) is 11.8 Å². The minimum absolute atomic E-state index is 0.0185. The molecule has 1 amide bonds. The molecule has 0 aliphatic carbocycles. The third-order valence-corrected chi connectivity index (χ3v) is 3.50. The van der Waals surface area contributed by atoms with Gasteiger partial charge in [-0.3, -0.25) is 9.59 Å². The molecule has 1 heterocycles. The van der Waals surface area contributed by atoms with Gasteiger partial charge in [0.15, 0.2) is 0 Å². The van der Waals surface area contributed by atoms with Gasteiger partial charge in [0.1, 0.15) is 5.92 Å². The highest BCUT2D eigenvalue weighted by molar-refractivity contribution is 5.83. The lowest BCUT2D eigenvalue weighted by molar-refractivity contribution is -0.146. The van der Waals surface area contributed by atoms with Crippen LogP contribution in [0, 0.1) is 35.0 Å². The number of likely N-dealkylation sites (tertiary alicyclic amines) is 1. The van der Waals surface area contributed by atoms with Crippen LogP contribution in [0.5, 0.6) is 0 Å². The van der Waals surface area contributed by atoms with E-state index in [1.54, 1.807) is 4.90 Å². The Morgan fingerprint density at radius 2 is 2.00 bits per heavy atom. The van der Waals surface area contributed by atoms with Crippen LogP contribution in [0.15, 0.2) is 0 Å². The Hall–Kier alpha value is -1.57. The molecule has 5 nitrogen and oxygen atoms in total. The summed E-state index contributed by atoms with van der Waals surface area (Å²) in [5, 5.41) is 9.03. The number of nitrogens with zero attached hydrogens (tertiary/aromatic N) is 2. The molecule has 3 unspecified atom stereocenters. The second kappa shape index (κ2) is 5.85. The van der Waals surface area contributed by atoms with E-state index in [2.05, 4.69) is 0 Å². The second-order valence-corrected chi connectivity index (χ2v) is 5.20. The van der Waals surface area contributed by atoms with Gasteiger partial charge in [-0.1, -0.05) is 20.8 Å². The van der Waals surface area contributed by atoms with Crippen molar-refractivity contribution in [2.24, 2.45) is 23.7 Å². The van der Waals surface area contributed by atoms with E-state index in [0.717, 1.165) is 0 Å². The summed E-state index contributed by atoms with van der Waals surface area (Å²) in [6, 6.07) is 2.04. The molecule has 5 heteroatoms. The third-order valence-electron chi connectivity index (χ3n) is 3.50. The van der Waals surface area contributed by atoms with Crippen LogP contribution in [-0.4, -0.2) is 37.0 Å². The minimum Gasteiger partial charge on any atom is -0.469 e. The van der Waals surface area contributed by atoms with Crippen LogP contribution < -0.4 is 0 Å². The van der Waals surface area contributed by atoms with Crippen LogP contribution in [0.25, 0.3) is 0 Å². The number of amides is 1. The van der Waals surface area contributed by atoms with E-state index >= 15 is 0 Å². The summed E-state index contributed by atoms with van der Waals surface area (Å²) in [6.45, 7) is 6.50. The minimum atomic E-state index is -0.631.